The van der Waals surface area contributed by atoms with Crippen LogP contribution < -0.4 is 0 Å². The van der Waals surface area contributed by atoms with Gasteiger partial charge in [-0.1, -0.05) is 59.9 Å². The molecule has 120 valence electrons. The van der Waals surface area contributed by atoms with Crippen LogP contribution in [0.5, 0.6) is 0 Å². The van der Waals surface area contributed by atoms with E-state index >= 15 is 0 Å². The lowest BCUT2D eigenvalue weighted by Gasteiger charge is -2.11. The summed E-state index contributed by atoms with van der Waals surface area (Å²) >= 11 is 10.7. The quantitative estimate of drug-likeness (QED) is 0.158. The number of halogens is 3. The fourth-order valence-corrected chi connectivity index (χ4v) is 4.37. The number of nitrogens with zero attached hydrogens (tertiary/aromatic N) is 2. The highest BCUT2D eigenvalue weighted by Crippen LogP contribution is 2.36. The summed E-state index contributed by atoms with van der Waals surface area (Å²) in [4.78, 5) is 9.91. The van der Waals surface area contributed by atoms with Gasteiger partial charge >= 0.3 is 0 Å². The molecule has 0 aliphatic rings. The fraction of sp³-hybridized carbons (Fsp3) is 0. The molecule has 0 fully saturated rings. The molecule has 0 unspecified atom stereocenters. The molecule has 5 heteroatoms. The first-order chi connectivity index (χ1) is 12.1. The predicted molar refractivity (Wildman–Crippen MR) is 115 cm³/mol. The van der Waals surface area contributed by atoms with E-state index in [-0.39, 0.29) is 0 Å². The molecule has 0 saturated heterocycles. The van der Waals surface area contributed by atoms with Crippen LogP contribution in [0.2, 0.25) is 0 Å². The van der Waals surface area contributed by atoms with Crippen molar-refractivity contribution in [1.82, 2.24) is 9.97 Å². The van der Waals surface area contributed by atoms with E-state index in [9.17, 15) is 0 Å². The Kier molecular flexibility index (Phi) is 3.59. The van der Waals surface area contributed by atoms with Gasteiger partial charge in [0.2, 0.25) is 0 Å². The van der Waals surface area contributed by atoms with E-state index in [0.29, 0.717) is 0 Å². The number of fused-ring (bicyclic) bond motifs is 7. The van der Waals surface area contributed by atoms with Crippen LogP contribution in [0.25, 0.3) is 43.6 Å². The van der Waals surface area contributed by atoms with Gasteiger partial charge in [-0.2, -0.15) is 0 Å². The van der Waals surface area contributed by atoms with Gasteiger partial charge in [0, 0.05) is 24.2 Å². The molecule has 0 radical (unpaired) electrons. The summed E-state index contributed by atoms with van der Waals surface area (Å²) in [5.74, 6) is 0. The van der Waals surface area contributed by atoms with Gasteiger partial charge in [0.1, 0.15) is 0 Å². The normalized spacial score (nSPS) is 11.8. The van der Waals surface area contributed by atoms with Gasteiger partial charge < -0.3 is 0 Å². The highest BCUT2D eigenvalue weighted by molar-refractivity contribution is 9.11. The molecular formula is C20H9Br3N2. The molecule has 4 aromatic carbocycles. The molecule has 0 aliphatic heterocycles. The van der Waals surface area contributed by atoms with Crippen LogP contribution in [0.1, 0.15) is 0 Å². The predicted octanol–water partition coefficient (Wildman–Crippen LogP) is 7.38. The first-order valence-corrected chi connectivity index (χ1v) is 10.1. The number of rotatable bonds is 0. The van der Waals surface area contributed by atoms with Crippen LogP contribution in [-0.4, -0.2) is 9.97 Å². The zero-order chi connectivity index (χ0) is 17.1. The van der Waals surface area contributed by atoms with E-state index < -0.39 is 0 Å². The lowest BCUT2D eigenvalue weighted by atomic mass is 9.99. The Hall–Kier alpha value is -1.56. The van der Waals surface area contributed by atoms with Gasteiger partial charge in [0.15, 0.2) is 0 Å². The Morgan fingerprint density at radius 3 is 1.56 bits per heavy atom. The number of hydrogen-bond acceptors (Lipinski definition) is 2. The summed E-state index contributed by atoms with van der Waals surface area (Å²) in [6.45, 7) is 0. The van der Waals surface area contributed by atoms with Crippen molar-refractivity contribution in [3.8, 4) is 0 Å². The fourth-order valence-electron chi connectivity index (χ4n) is 3.30. The topological polar surface area (TPSA) is 25.8 Å². The minimum atomic E-state index is 0.887. The number of hydrogen-bond donors (Lipinski definition) is 0. The molecule has 0 saturated carbocycles. The Bertz CT molecular complexity index is 1330. The van der Waals surface area contributed by atoms with Gasteiger partial charge in [0.05, 0.1) is 22.1 Å². The summed E-state index contributed by atoms with van der Waals surface area (Å²) in [7, 11) is 0. The molecule has 1 heterocycles. The Balaban J connectivity index is 2.12. The third-order valence-corrected chi connectivity index (χ3v) is 5.87. The monoisotopic (exact) mass is 514 g/mol. The SMILES string of the molecule is Brc1ccc2nc3c4cc(Br)ccc4c4ccc(Br)cc4c3nc2c1. The van der Waals surface area contributed by atoms with Crippen LogP contribution in [0.4, 0.5) is 0 Å². The maximum Gasteiger partial charge on any atom is 0.0979 e. The van der Waals surface area contributed by atoms with Crippen molar-refractivity contribution in [1.29, 1.82) is 0 Å². The number of aromatic nitrogens is 2. The summed E-state index contributed by atoms with van der Waals surface area (Å²) in [6, 6.07) is 18.7. The maximum absolute atomic E-state index is 4.96. The van der Waals surface area contributed by atoms with Crippen molar-refractivity contribution in [2.24, 2.45) is 0 Å². The zero-order valence-corrected chi connectivity index (χ0v) is 17.5. The molecule has 0 bridgehead atoms. The second-order valence-corrected chi connectivity index (χ2v) is 8.68. The van der Waals surface area contributed by atoms with Gasteiger partial charge in [-0.25, -0.2) is 9.97 Å². The van der Waals surface area contributed by atoms with Gasteiger partial charge in [-0.05, 0) is 53.2 Å². The van der Waals surface area contributed by atoms with Crippen molar-refractivity contribution >= 4 is 91.4 Å². The Labute approximate surface area is 168 Å². The lowest BCUT2D eigenvalue weighted by molar-refractivity contribution is 1.41. The van der Waals surface area contributed by atoms with Gasteiger partial charge in [-0.15, -0.1) is 0 Å². The molecule has 5 aromatic rings. The molecule has 5 rings (SSSR count). The minimum Gasteiger partial charge on any atom is -0.244 e. The molecule has 25 heavy (non-hydrogen) atoms. The average molecular weight is 517 g/mol. The van der Waals surface area contributed by atoms with E-state index in [2.05, 4.69) is 84.2 Å². The van der Waals surface area contributed by atoms with Crippen LogP contribution in [0.3, 0.4) is 0 Å². The zero-order valence-electron chi connectivity index (χ0n) is 12.7. The van der Waals surface area contributed by atoms with Crippen molar-refractivity contribution in [2.45, 2.75) is 0 Å². The molecule has 2 nitrogen and oxygen atoms in total. The first kappa shape index (κ1) is 15.7. The molecular weight excluding hydrogens is 508 g/mol. The first-order valence-electron chi connectivity index (χ1n) is 7.68. The van der Waals surface area contributed by atoms with Gasteiger partial charge in [0.25, 0.3) is 0 Å². The summed E-state index contributed by atoms with van der Waals surface area (Å²) in [6.07, 6.45) is 0. The number of benzene rings is 4. The molecule has 0 aliphatic carbocycles. The van der Waals surface area contributed by atoms with Crippen molar-refractivity contribution in [3.05, 3.63) is 68.0 Å². The van der Waals surface area contributed by atoms with Crippen molar-refractivity contribution in [3.63, 3.8) is 0 Å². The molecule has 0 atom stereocenters. The smallest absolute Gasteiger partial charge is 0.0979 e. The van der Waals surface area contributed by atoms with Crippen LogP contribution in [-0.2, 0) is 0 Å². The van der Waals surface area contributed by atoms with E-state index in [1.807, 2.05) is 18.2 Å². The minimum absolute atomic E-state index is 0.887. The molecule has 0 amide bonds. The highest BCUT2D eigenvalue weighted by atomic mass is 79.9. The van der Waals surface area contributed by atoms with Crippen LogP contribution in [0.15, 0.2) is 68.0 Å². The second-order valence-electron chi connectivity index (χ2n) is 5.93. The van der Waals surface area contributed by atoms with E-state index in [1.54, 1.807) is 0 Å². The van der Waals surface area contributed by atoms with Crippen LogP contribution in [0, 0.1) is 0 Å². The average Bonchev–Trinajstić information content (AvgIpc) is 2.60. The summed E-state index contributed by atoms with van der Waals surface area (Å²) < 4.78 is 3.08. The third kappa shape index (κ3) is 2.48. The summed E-state index contributed by atoms with van der Waals surface area (Å²) in [5.41, 5.74) is 3.63. The van der Waals surface area contributed by atoms with E-state index in [1.165, 1.54) is 10.8 Å². The summed E-state index contributed by atoms with van der Waals surface area (Å²) in [5, 5.41) is 4.58. The van der Waals surface area contributed by atoms with E-state index in [0.717, 1.165) is 46.3 Å². The largest absolute Gasteiger partial charge is 0.244 e. The molecule has 1 aromatic heterocycles. The van der Waals surface area contributed by atoms with Crippen LogP contribution >= 0.6 is 47.8 Å². The van der Waals surface area contributed by atoms with Crippen molar-refractivity contribution < 1.29 is 0 Å². The molecule has 0 N–H and O–H groups in total. The Morgan fingerprint density at radius 2 is 0.960 bits per heavy atom. The maximum atomic E-state index is 4.96. The lowest BCUT2D eigenvalue weighted by Crippen LogP contribution is -1.91. The molecule has 0 spiro atoms. The van der Waals surface area contributed by atoms with Gasteiger partial charge in [-0.3, -0.25) is 0 Å². The van der Waals surface area contributed by atoms with E-state index in [4.69, 9.17) is 9.97 Å². The second kappa shape index (κ2) is 5.73. The Morgan fingerprint density at radius 1 is 0.480 bits per heavy atom. The highest BCUT2D eigenvalue weighted by Gasteiger charge is 2.13. The van der Waals surface area contributed by atoms with Crippen molar-refractivity contribution in [2.75, 3.05) is 0 Å². The third-order valence-electron chi connectivity index (χ3n) is 4.39. The standard InChI is InChI=1S/C20H9Br3N2/c21-10-1-4-13-14-5-2-11(22)8-16(14)20-19(15(13)7-10)24-17-6-3-12(23)9-18(17)25-20/h1-9H.